The smallest absolute Gasteiger partial charge is 0.315 e. The number of urea groups is 1. The normalized spacial score (nSPS) is 21.0. The molecule has 2 fully saturated rings. The van der Waals surface area contributed by atoms with Gasteiger partial charge in [0.25, 0.3) is 0 Å². The highest BCUT2D eigenvalue weighted by atomic mass is 35.5. The van der Waals surface area contributed by atoms with Gasteiger partial charge in [-0.3, -0.25) is 0 Å². The molecule has 126 valence electrons. The second kappa shape index (κ2) is 6.48. The molecular weight excluding hydrogens is 338 g/mol. The fraction of sp³-hybridized carbons (Fsp3) is 0.588. The van der Waals surface area contributed by atoms with E-state index in [2.05, 4.69) is 17.6 Å². The molecule has 6 heteroatoms. The maximum absolute atomic E-state index is 14.5. The Morgan fingerprint density at radius 3 is 2.57 bits per heavy atom. The molecule has 3 nitrogen and oxygen atoms in total. The molecule has 0 saturated heterocycles. The van der Waals surface area contributed by atoms with Gasteiger partial charge < -0.3 is 10.6 Å². The summed E-state index contributed by atoms with van der Waals surface area (Å²) in [6, 6.07) is 2.25. The van der Waals surface area contributed by atoms with Crippen molar-refractivity contribution in [3.8, 4) is 0 Å². The number of rotatable bonds is 4. The van der Waals surface area contributed by atoms with Gasteiger partial charge in [0.05, 0.1) is 16.1 Å². The van der Waals surface area contributed by atoms with E-state index < -0.39 is 11.9 Å². The molecule has 0 spiro atoms. The van der Waals surface area contributed by atoms with Gasteiger partial charge in [-0.1, -0.05) is 43.0 Å². The predicted molar refractivity (Wildman–Crippen MR) is 90.4 cm³/mol. The van der Waals surface area contributed by atoms with Gasteiger partial charge >= 0.3 is 6.03 Å². The monoisotopic (exact) mass is 358 g/mol. The van der Waals surface area contributed by atoms with Crippen LogP contribution in [-0.2, 0) is 0 Å². The van der Waals surface area contributed by atoms with Crippen LogP contribution in [0.15, 0.2) is 12.1 Å². The van der Waals surface area contributed by atoms with E-state index in [4.69, 9.17) is 23.2 Å². The van der Waals surface area contributed by atoms with Gasteiger partial charge in [-0.05, 0) is 43.2 Å². The van der Waals surface area contributed by atoms with Gasteiger partial charge in [0.15, 0.2) is 0 Å². The fourth-order valence-electron chi connectivity index (χ4n) is 3.46. The quantitative estimate of drug-likeness (QED) is 0.712. The van der Waals surface area contributed by atoms with Crippen molar-refractivity contribution in [1.82, 2.24) is 10.6 Å². The molecule has 0 heterocycles. The minimum absolute atomic E-state index is 0.191. The SMILES string of the molecule is CC1([C@H](NC(=O)NC2CC2)c2c(F)ccc(Cl)c2Cl)CCCC1. The average molecular weight is 359 g/mol. The molecule has 1 aromatic carbocycles. The molecule has 2 aliphatic carbocycles. The van der Waals surface area contributed by atoms with Gasteiger partial charge in [-0.2, -0.15) is 0 Å². The first-order chi connectivity index (χ1) is 10.9. The summed E-state index contributed by atoms with van der Waals surface area (Å²) in [5.74, 6) is -0.427. The molecule has 23 heavy (non-hydrogen) atoms. The third-order valence-corrected chi connectivity index (χ3v) is 5.82. The molecule has 0 radical (unpaired) electrons. The zero-order valence-corrected chi connectivity index (χ0v) is 14.6. The molecule has 0 unspecified atom stereocenters. The van der Waals surface area contributed by atoms with Gasteiger partial charge in [-0.25, -0.2) is 9.18 Å². The van der Waals surface area contributed by atoms with E-state index in [-0.39, 0.29) is 22.5 Å². The van der Waals surface area contributed by atoms with E-state index in [1.54, 1.807) is 0 Å². The summed E-state index contributed by atoms with van der Waals surface area (Å²) in [6.45, 7) is 2.08. The second-order valence-electron chi connectivity index (χ2n) is 6.94. The van der Waals surface area contributed by atoms with Gasteiger partial charge in [0, 0.05) is 11.6 Å². The van der Waals surface area contributed by atoms with Crippen LogP contribution in [0.2, 0.25) is 10.0 Å². The van der Waals surface area contributed by atoms with Gasteiger partial charge in [0.2, 0.25) is 0 Å². The Hall–Kier alpha value is -1.000. The largest absolute Gasteiger partial charge is 0.335 e. The number of carbonyl (C=O) groups is 1. The van der Waals surface area contributed by atoms with Crippen LogP contribution < -0.4 is 10.6 Å². The van der Waals surface area contributed by atoms with Crippen molar-refractivity contribution in [2.24, 2.45) is 5.41 Å². The first-order valence-electron chi connectivity index (χ1n) is 8.11. The molecule has 3 rings (SSSR count). The first-order valence-corrected chi connectivity index (χ1v) is 8.87. The van der Waals surface area contributed by atoms with Crippen LogP contribution >= 0.6 is 23.2 Å². The average Bonchev–Trinajstić information content (AvgIpc) is 3.20. The van der Waals surface area contributed by atoms with Crippen molar-refractivity contribution in [1.29, 1.82) is 0 Å². The van der Waals surface area contributed by atoms with Crippen LogP contribution in [-0.4, -0.2) is 12.1 Å². The molecular formula is C17H21Cl2FN2O. The Bertz CT molecular complexity index is 613. The number of benzene rings is 1. The van der Waals surface area contributed by atoms with Crippen molar-refractivity contribution < 1.29 is 9.18 Å². The van der Waals surface area contributed by atoms with E-state index in [9.17, 15) is 9.18 Å². The van der Waals surface area contributed by atoms with Crippen LogP contribution in [0.3, 0.4) is 0 Å². The second-order valence-corrected chi connectivity index (χ2v) is 7.73. The number of hydrogen-bond acceptors (Lipinski definition) is 1. The summed E-state index contributed by atoms with van der Waals surface area (Å²) in [4.78, 5) is 12.3. The molecule has 2 saturated carbocycles. The first kappa shape index (κ1) is 16.8. The Balaban J connectivity index is 1.94. The molecule has 2 N–H and O–H groups in total. The van der Waals surface area contributed by atoms with Gasteiger partial charge in [0.1, 0.15) is 5.82 Å². The van der Waals surface area contributed by atoms with Crippen molar-refractivity contribution in [3.05, 3.63) is 33.6 Å². The van der Waals surface area contributed by atoms with Crippen molar-refractivity contribution in [2.45, 2.75) is 57.5 Å². The van der Waals surface area contributed by atoms with Crippen LogP contribution in [0.4, 0.5) is 9.18 Å². The number of nitrogens with one attached hydrogen (secondary N) is 2. The van der Waals surface area contributed by atoms with Gasteiger partial charge in [-0.15, -0.1) is 0 Å². The maximum atomic E-state index is 14.5. The van der Waals surface area contributed by atoms with E-state index in [1.165, 1.54) is 12.1 Å². The summed E-state index contributed by atoms with van der Waals surface area (Å²) in [5.41, 5.74) is 0.0743. The Kier molecular flexibility index (Phi) is 4.75. The maximum Gasteiger partial charge on any atom is 0.315 e. The molecule has 1 atom stereocenters. The summed E-state index contributed by atoms with van der Waals surface area (Å²) >= 11 is 12.4. The van der Waals surface area contributed by atoms with Crippen LogP contribution in [0.25, 0.3) is 0 Å². The van der Waals surface area contributed by atoms with E-state index in [0.29, 0.717) is 10.6 Å². The van der Waals surface area contributed by atoms with E-state index >= 15 is 0 Å². The third-order valence-electron chi connectivity index (χ3n) is 5.00. The third kappa shape index (κ3) is 3.58. The topological polar surface area (TPSA) is 41.1 Å². The lowest BCUT2D eigenvalue weighted by molar-refractivity contribution is 0.199. The van der Waals surface area contributed by atoms with Crippen LogP contribution in [0.5, 0.6) is 0 Å². The zero-order valence-electron chi connectivity index (χ0n) is 13.1. The summed E-state index contributed by atoms with van der Waals surface area (Å²) < 4.78 is 14.5. The summed E-state index contributed by atoms with van der Waals surface area (Å²) in [7, 11) is 0. The van der Waals surface area contributed by atoms with Crippen LogP contribution in [0, 0.1) is 11.2 Å². The Labute approximate surface area is 145 Å². The standard InChI is InChI=1S/C17H21Cl2FN2O/c1-17(8-2-3-9-17)15(22-16(23)21-10-4-5-10)13-12(20)7-6-11(18)14(13)19/h6-7,10,15H,2-5,8-9H2,1H3,(H2,21,22,23)/t15-/m1/s1. The highest BCUT2D eigenvalue weighted by Crippen LogP contribution is 2.49. The van der Waals surface area contributed by atoms with E-state index in [1.807, 2.05) is 0 Å². The van der Waals surface area contributed by atoms with Crippen LogP contribution in [0.1, 0.15) is 57.1 Å². The molecule has 1 aromatic rings. The molecule has 0 aromatic heterocycles. The summed E-state index contributed by atoms with van der Waals surface area (Å²) in [6.07, 6.45) is 5.98. The number of hydrogen-bond donors (Lipinski definition) is 2. The molecule has 0 bridgehead atoms. The molecule has 2 aliphatic rings. The molecule has 0 aliphatic heterocycles. The highest BCUT2D eigenvalue weighted by molar-refractivity contribution is 6.42. The number of halogens is 3. The number of amides is 2. The Morgan fingerprint density at radius 1 is 1.30 bits per heavy atom. The highest BCUT2D eigenvalue weighted by Gasteiger charge is 2.41. The molecule has 2 amide bonds. The minimum Gasteiger partial charge on any atom is -0.335 e. The lowest BCUT2D eigenvalue weighted by Gasteiger charge is -2.36. The minimum atomic E-state index is -0.491. The lowest BCUT2D eigenvalue weighted by atomic mass is 9.77. The van der Waals surface area contributed by atoms with Crippen molar-refractivity contribution >= 4 is 29.2 Å². The van der Waals surface area contributed by atoms with E-state index in [0.717, 1.165) is 38.5 Å². The lowest BCUT2D eigenvalue weighted by Crippen LogP contribution is -2.44. The summed E-state index contributed by atoms with van der Waals surface area (Å²) in [5, 5.41) is 6.36. The predicted octanol–water partition coefficient (Wildman–Crippen LogP) is 5.22. The Morgan fingerprint density at radius 2 is 1.96 bits per heavy atom. The van der Waals surface area contributed by atoms with Crippen molar-refractivity contribution in [3.63, 3.8) is 0 Å². The fourth-order valence-corrected chi connectivity index (χ4v) is 3.89. The number of carbonyl (C=O) groups excluding carboxylic acids is 1. The van der Waals surface area contributed by atoms with Crippen molar-refractivity contribution in [2.75, 3.05) is 0 Å². The zero-order chi connectivity index (χ0) is 16.6.